The molecule has 0 aliphatic carbocycles. The Morgan fingerprint density at radius 2 is 2.00 bits per heavy atom. The summed E-state index contributed by atoms with van der Waals surface area (Å²) in [5, 5.41) is 0. The number of hydrogen-bond acceptors (Lipinski definition) is 6. The van der Waals surface area contributed by atoms with Crippen molar-refractivity contribution in [3.63, 3.8) is 0 Å². The molecule has 2 aromatic rings. The SMILES string of the molecule is COc1ccc(S(=O)(=O)N2CCOC(C)C2)cc1-c1cccnc1OC. The minimum absolute atomic E-state index is 0.130. The van der Waals surface area contributed by atoms with Crippen LogP contribution < -0.4 is 9.47 Å². The summed E-state index contributed by atoms with van der Waals surface area (Å²) in [4.78, 5) is 4.39. The molecule has 1 saturated heterocycles. The largest absolute Gasteiger partial charge is 0.496 e. The van der Waals surface area contributed by atoms with Crippen LogP contribution in [0.15, 0.2) is 41.4 Å². The summed E-state index contributed by atoms with van der Waals surface area (Å²) in [7, 11) is -0.570. The minimum Gasteiger partial charge on any atom is -0.496 e. The molecule has 3 rings (SSSR count). The highest BCUT2D eigenvalue weighted by Gasteiger charge is 2.30. The Labute approximate surface area is 153 Å². The maximum Gasteiger partial charge on any atom is 0.243 e. The fourth-order valence-electron chi connectivity index (χ4n) is 2.97. The van der Waals surface area contributed by atoms with E-state index >= 15 is 0 Å². The third-order valence-corrected chi connectivity index (χ3v) is 6.13. The number of benzene rings is 1. The van der Waals surface area contributed by atoms with Gasteiger partial charge in [-0.15, -0.1) is 0 Å². The Bertz CT molecular complexity index is 885. The van der Waals surface area contributed by atoms with Gasteiger partial charge in [-0.25, -0.2) is 13.4 Å². The van der Waals surface area contributed by atoms with Crippen LogP contribution >= 0.6 is 0 Å². The van der Waals surface area contributed by atoms with Crippen molar-refractivity contribution in [2.75, 3.05) is 33.9 Å². The summed E-state index contributed by atoms with van der Waals surface area (Å²) in [5.74, 6) is 0.950. The molecular weight excluding hydrogens is 356 g/mol. The molecule has 0 saturated carbocycles. The van der Waals surface area contributed by atoms with Crippen molar-refractivity contribution in [1.82, 2.24) is 9.29 Å². The van der Waals surface area contributed by atoms with E-state index in [1.54, 1.807) is 37.6 Å². The lowest BCUT2D eigenvalue weighted by Gasteiger charge is -2.30. The van der Waals surface area contributed by atoms with E-state index in [0.29, 0.717) is 42.5 Å². The Kier molecular flexibility index (Phi) is 5.45. The van der Waals surface area contributed by atoms with Crippen molar-refractivity contribution >= 4 is 10.0 Å². The monoisotopic (exact) mass is 378 g/mol. The number of sulfonamides is 1. The van der Waals surface area contributed by atoms with Gasteiger partial charge in [-0.2, -0.15) is 4.31 Å². The summed E-state index contributed by atoms with van der Waals surface area (Å²) < 4.78 is 43.7. The zero-order chi connectivity index (χ0) is 18.7. The molecule has 8 heteroatoms. The molecule has 140 valence electrons. The predicted octanol–water partition coefficient (Wildman–Crippen LogP) is 2.18. The van der Waals surface area contributed by atoms with E-state index in [1.165, 1.54) is 11.4 Å². The van der Waals surface area contributed by atoms with Crippen LogP contribution in [0.5, 0.6) is 11.6 Å². The first-order chi connectivity index (χ1) is 12.5. The molecule has 0 bridgehead atoms. The van der Waals surface area contributed by atoms with Gasteiger partial charge < -0.3 is 14.2 Å². The third-order valence-electron chi connectivity index (χ3n) is 4.27. The molecule has 1 aromatic heterocycles. The number of hydrogen-bond donors (Lipinski definition) is 0. The molecule has 0 radical (unpaired) electrons. The molecule has 7 nitrogen and oxygen atoms in total. The average Bonchev–Trinajstić information content (AvgIpc) is 2.67. The number of pyridine rings is 1. The number of methoxy groups -OCH3 is 2. The maximum atomic E-state index is 13.1. The van der Waals surface area contributed by atoms with Crippen molar-refractivity contribution in [1.29, 1.82) is 0 Å². The van der Waals surface area contributed by atoms with Gasteiger partial charge in [-0.3, -0.25) is 0 Å². The quantitative estimate of drug-likeness (QED) is 0.794. The molecule has 1 fully saturated rings. The van der Waals surface area contributed by atoms with Gasteiger partial charge in [0, 0.05) is 30.4 Å². The van der Waals surface area contributed by atoms with Crippen LogP contribution in [0.2, 0.25) is 0 Å². The Morgan fingerprint density at radius 3 is 2.69 bits per heavy atom. The van der Waals surface area contributed by atoms with Crippen LogP contribution in [-0.2, 0) is 14.8 Å². The van der Waals surface area contributed by atoms with Crippen LogP contribution in [0.3, 0.4) is 0 Å². The van der Waals surface area contributed by atoms with Crippen molar-refractivity contribution in [3.8, 4) is 22.8 Å². The van der Waals surface area contributed by atoms with Gasteiger partial charge in [0.05, 0.1) is 31.8 Å². The Balaban J connectivity index is 2.08. The fraction of sp³-hybridized carbons (Fsp3) is 0.389. The van der Waals surface area contributed by atoms with Gasteiger partial charge in [0.25, 0.3) is 0 Å². The van der Waals surface area contributed by atoms with Gasteiger partial charge in [-0.05, 0) is 37.3 Å². The zero-order valence-electron chi connectivity index (χ0n) is 15.0. The van der Waals surface area contributed by atoms with E-state index in [1.807, 2.05) is 13.0 Å². The molecule has 0 spiro atoms. The number of nitrogens with zero attached hydrogens (tertiary/aromatic N) is 2. The van der Waals surface area contributed by atoms with E-state index in [9.17, 15) is 8.42 Å². The number of morpholine rings is 1. The molecule has 2 heterocycles. The van der Waals surface area contributed by atoms with Crippen molar-refractivity contribution in [2.45, 2.75) is 17.9 Å². The summed E-state index contributed by atoms with van der Waals surface area (Å²) in [5.41, 5.74) is 1.28. The van der Waals surface area contributed by atoms with Crippen LogP contribution in [0.4, 0.5) is 0 Å². The Hall–Kier alpha value is -2.16. The van der Waals surface area contributed by atoms with Crippen molar-refractivity contribution in [2.24, 2.45) is 0 Å². The van der Waals surface area contributed by atoms with Crippen molar-refractivity contribution < 1.29 is 22.6 Å². The summed E-state index contributed by atoms with van der Waals surface area (Å²) in [6.07, 6.45) is 1.49. The Morgan fingerprint density at radius 1 is 1.19 bits per heavy atom. The first-order valence-electron chi connectivity index (χ1n) is 8.26. The second-order valence-corrected chi connectivity index (χ2v) is 7.90. The highest BCUT2D eigenvalue weighted by atomic mass is 32.2. The molecule has 1 aromatic carbocycles. The summed E-state index contributed by atoms with van der Waals surface area (Å²) in [6.45, 7) is 2.92. The minimum atomic E-state index is -3.63. The molecule has 0 N–H and O–H groups in total. The first kappa shape index (κ1) is 18.6. The van der Waals surface area contributed by atoms with E-state index in [0.717, 1.165) is 0 Å². The number of rotatable bonds is 5. The normalized spacial score (nSPS) is 18.5. The van der Waals surface area contributed by atoms with Gasteiger partial charge >= 0.3 is 0 Å². The molecule has 26 heavy (non-hydrogen) atoms. The lowest BCUT2D eigenvalue weighted by molar-refractivity contribution is 0.0102. The highest BCUT2D eigenvalue weighted by molar-refractivity contribution is 7.89. The van der Waals surface area contributed by atoms with Crippen molar-refractivity contribution in [3.05, 3.63) is 36.5 Å². The second kappa shape index (κ2) is 7.61. The molecule has 1 aliphatic heterocycles. The lowest BCUT2D eigenvalue weighted by Crippen LogP contribution is -2.44. The number of ether oxygens (including phenoxy) is 3. The summed E-state index contributed by atoms with van der Waals surface area (Å²) >= 11 is 0. The second-order valence-electron chi connectivity index (χ2n) is 5.97. The lowest BCUT2D eigenvalue weighted by atomic mass is 10.1. The molecular formula is C18H22N2O5S. The van der Waals surface area contributed by atoms with Crippen LogP contribution in [0, 0.1) is 0 Å². The first-order valence-corrected chi connectivity index (χ1v) is 9.70. The predicted molar refractivity (Wildman–Crippen MR) is 96.9 cm³/mol. The average molecular weight is 378 g/mol. The molecule has 0 amide bonds. The van der Waals surface area contributed by atoms with Crippen LogP contribution in [-0.4, -0.2) is 57.7 Å². The van der Waals surface area contributed by atoms with Gasteiger partial charge in [-0.1, -0.05) is 0 Å². The van der Waals surface area contributed by atoms with Gasteiger partial charge in [0.2, 0.25) is 15.9 Å². The van der Waals surface area contributed by atoms with E-state index in [4.69, 9.17) is 14.2 Å². The maximum absolute atomic E-state index is 13.1. The smallest absolute Gasteiger partial charge is 0.243 e. The van der Waals surface area contributed by atoms with Crippen LogP contribution in [0.1, 0.15) is 6.92 Å². The number of aromatic nitrogens is 1. The highest BCUT2D eigenvalue weighted by Crippen LogP contribution is 2.37. The molecule has 1 atom stereocenters. The summed E-state index contributed by atoms with van der Waals surface area (Å²) in [6, 6.07) is 8.39. The van der Waals surface area contributed by atoms with E-state index in [-0.39, 0.29) is 11.0 Å². The molecule has 1 aliphatic rings. The standard InChI is InChI=1S/C18H22N2O5S/c1-13-12-20(9-10-25-13)26(21,22)14-6-7-17(23-2)16(11-14)15-5-4-8-19-18(15)24-3/h4-8,11,13H,9-10,12H2,1-3H3. The van der Waals surface area contributed by atoms with Crippen LogP contribution in [0.25, 0.3) is 11.1 Å². The third kappa shape index (κ3) is 3.53. The zero-order valence-corrected chi connectivity index (χ0v) is 15.8. The molecule has 1 unspecified atom stereocenters. The van der Waals surface area contributed by atoms with E-state index < -0.39 is 10.0 Å². The van der Waals surface area contributed by atoms with Gasteiger partial charge in [0.15, 0.2) is 0 Å². The topological polar surface area (TPSA) is 78.0 Å². The fourth-order valence-corrected chi connectivity index (χ4v) is 4.50. The van der Waals surface area contributed by atoms with E-state index in [2.05, 4.69) is 4.98 Å². The van der Waals surface area contributed by atoms with Gasteiger partial charge in [0.1, 0.15) is 5.75 Å².